The van der Waals surface area contributed by atoms with Crippen LogP contribution in [-0.2, 0) is 4.43 Å². The van der Waals surface area contributed by atoms with Crippen LogP contribution >= 0.6 is 0 Å². The summed E-state index contributed by atoms with van der Waals surface area (Å²) < 4.78 is 5.36. The summed E-state index contributed by atoms with van der Waals surface area (Å²) in [6.07, 6.45) is 2.13. The maximum absolute atomic E-state index is 5.36. The lowest BCUT2D eigenvalue weighted by Gasteiger charge is -2.20. The molecule has 0 saturated heterocycles. The third-order valence-electron chi connectivity index (χ3n) is 1.89. The maximum Gasteiger partial charge on any atom is 0.213 e. The van der Waals surface area contributed by atoms with Crippen molar-refractivity contribution in [3.63, 3.8) is 0 Å². The zero-order valence-electron chi connectivity index (χ0n) is 6.99. The van der Waals surface area contributed by atoms with Crippen molar-refractivity contribution in [1.29, 1.82) is 0 Å². The van der Waals surface area contributed by atoms with Gasteiger partial charge < -0.3 is 4.43 Å². The zero-order chi connectivity index (χ0) is 7.49. The Morgan fingerprint density at radius 1 is 1.44 bits per heavy atom. The van der Waals surface area contributed by atoms with Gasteiger partial charge in [0.25, 0.3) is 0 Å². The summed E-state index contributed by atoms with van der Waals surface area (Å²) in [7, 11) is 0.371. The highest BCUT2D eigenvalue weighted by molar-refractivity contribution is 6.78. The molecule has 0 saturated carbocycles. The van der Waals surface area contributed by atoms with Gasteiger partial charge in [-0.15, -0.1) is 0 Å². The molecule has 0 rings (SSSR count). The molecule has 0 amide bonds. The van der Waals surface area contributed by atoms with Crippen LogP contribution in [0.4, 0.5) is 0 Å². The third kappa shape index (κ3) is 2.33. The molecule has 54 valence electrons. The molecule has 0 aromatic carbocycles. The Morgan fingerprint density at radius 3 is 2.00 bits per heavy atom. The van der Waals surface area contributed by atoms with E-state index in [1.54, 1.807) is 7.11 Å². The first kappa shape index (κ1) is 8.92. The van der Waals surface area contributed by atoms with Crippen LogP contribution < -0.4 is 0 Å². The molecule has 0 radical (unpaired) electrons. The highest BCUT2D eigenvalue weighted by atomic mass is 28.4. The predicted octanol–water partition coefficient (Wildman–Crippen LogP) is 2.34. The molecule has 0 aliphatic rings. The van der Waals surface area contributed by atoms with Crippen LogP contribution in [0.15, 0.2) is 11.3 Å². The van der Waals surface area contributed by atoms with Crippen molar-refractivity contribution in [2.45, 2.75) is 26.9 Å². The van der Waals surface area contributed by atoms with Crippen LogP contribution in [0.3, 0.4) is 0 Å². The normalized spacial score (nSPS) is 14.1. The number of hydrogen-bond acceptors (Lipinski definition) is 1. The van der Waals surface area contributed by atoms with Crippen LogP contribution in [0.25, 0.3) is 0 Å². The Morgan fingerprint density at radius 2 is 1.89 bits per heavy atom. The summed E-state index contributed by atoms with van der Waals surface area (Å²) in [5.41, 5.74) is 0. The highest BCUT2D eigenvalue weighted by Crippen LogP contribution is 2.13. The van der Waals surface area contributed by atoms with Crippen molar-refractivity contribution in [1.82, 2.24) is 0 Å². The van der Waals surface area contributed by atoms with E-state index in [-0.39, 0.29) is 0 Å². The van der Waals surface area contributed by atoms with Crippen molar-refractivity contribution in [2.24, 2.45) is 0 Å². The molecule has 0 aromatic rings. The summed E-state index contributed by atoms with van der Waals surface area (Å²) in [5.74, 6) is 0. The highest BCUT2D eigenvalue weighted by Gasteiger charge is 2.21. The Balaban J connectivity index is 4.14. The fourth-order valence-corrected chi connectivity index (χ4v) is 1.53. The molecule has 0 bridgehead atoms. The van der Waals surface area contributed by atoms with Gasteiger partial charge in [0.1, 0.15) is 0 Å². The molecular formula is C7H16OSi. The van der Waals surface area contributed by atoms with E-state index in [9.17, 15) is 0 Å². The van der Waals surface area contributed by atoms with Gasteiger partial charge in [-0.3, -0.25) is 0 Å². The first-order valence-electron chi connectivity index (χ1n) is 3.23. The lowest BCUT2D eigenvalue weighted by molar-refractivity contribution is 0.412. The van der Waals surface area contributed by atoms with Gasteiger partial charge in [0.2, 0.25) is 8.32 Å². The Labute approximate surface area is 58.9 Å². The SMILES string of the molecule is C/C=C(\C)[Si](C)(C)OC. The Bertz CT molecular complexity index is 116. The molecule has 0 atom stereocenters. The van der Waals surface area contributed by atoms with Crippen LogP contribution in [0.2, 0.25) is 13.1 Å². The van der Waals surface area contributed by atoms with E-state index in [2.05, 4.69) is 33.0 Å². The van der Waals surface area contributed by atoms with Crippen molar-refractivity contribution < 1.29 is 4.43 Å². The summed E-state index contributed by atoms with van der Waals surface area (Å²) in [6, 6.07) is 0. The minimum absolute atomic E-state index is 1.41. The lowest BCUT2D eigenvalue weighted by atomic mass is 10.6. The fourth-order valence-electron chi connectivity index (χ4n) is 0.509. The molecule has 0 fully saturated rings. The van der Waals surface area contributed by atoms with Gasteiger partial charge in [-0.2, -0.15) is 0 Å². The van der Waals surface area contributed by atoms with Crippen molar-refractivity contribution >= 4 is 8.32 Å². The molecular weight excluding hydrogens is 128 g/mol. The lowest BCUT2D eigenvalue weighted by Crippen LogP contribution is -2.30. The summed E-state index contributed by atoms with van der Waals surface area (Å²) in [6.45, 7) is 8.59. The molecule has 1 nitrogen and oxygen atoms in total. The van der Waals surface area contributed by atoms with Crippen molar-refractivity contribution in [3.8, 4) is 0 Å². The van der Waals surface area contributed by atoms with E-state index in [4.69, 9.17) is 4.43 Å². The summed E-state index contributed by atoms with van der Waals surface area (Å²) in [4.78, 5) is 0. The summed E-state index contributed by atoms with van der Waals surface area (Å²) >= 11 is 0. The van der Waals surface area contributed by atoms with Gasteiger partial charge in [0.15, 0.2) is 0 Å². The minimum atomic E-state index is -1.42. The van der Waals surface area contributed by atoms with Crippen molar-refractivity contribution in [2.75, 3.05) is 7.11 Å². The van der Waals surface area contributed by atoms with Crippen LogP contribution in [-0.4, -0.2) is 15.4 Å². The van der Waals surface area contributed by atoms with E-state index in [0.29, 0.717) is 0 Å². The molecule has 0 heterocycles. The van der Waals surface area contributed by atoms with Gasteiger partial charge in [-0.25, -0.2) is 0 Å². The minimum Gasteiger partial charge on any atom is -0.416 e. The van der Waals surface area contributed by atoms with E-state index < -0.39 is 8.32 Å². The molecule has 0 N–H and O–H groups in total. The Hall–Kier alpha value is -0.0831. The van der Waals surface area contributed by atoms with Gasteiger partial charge in [-0.1, -0.05) is 11.3 Å². The monoisotopic (exact) mass is 144 g/mol. The summed E-state index contributed by atoms with van der Waals surface area (Å²) in [5, 5.41) is 1.41. The quantitative estimate of drug-likeness (QED) is 0.541. The van der Waals surface area contributed by atoms with Gasteiger partial charge >= 0.3 is 0 Å². The van der Waals surface area contributed by atoms with Crippen molar-refractivity contribution in [3.05, 3.63) is 11.3 Å². The number of rotatable bonds is 2. The molecule has 2 heteroatoms. The number of hydrogen-bond donors (Lipinski definition) is 0. The predicted molar refractivity (Wildman–Crippen MR) is 43.9 cm³/mol. The molecule has 0 unspecified atom stereocenters. The molecule has 0 aliphatic carbocycles. The zero-order valence-corrected chi connectivity index (χ0v) is 7.99. The number of allylic oxidation sites excluding steroid dienone is 2. The molecule has 0 aliphatic heterocycles. The average Bonchev–Trinajstić information content (AvgIpc) is 1.86. The Kier molecular flexibility index (Phi) is 3.15. The second kappa shape index (κ2) is 3.18. The fraction of sp³-hybridized carbons (Fsp3) is 0.714. The largest absolute Gasteiger partial charge is 0.416 e. The smallest absolute Gasteiger partial charge is 0.213 e. The van der Waals surface area contributed by atoms with E-state index >= 15 is 0 Å². The average molecular weight is 144 g/mol. The van der Waals surface area contributed by atoms with Gasteiger partial charge in [-0.05, 0) is 26.9 Å². The van der Waals surface area contributed by atoms with E-state index in [0.717, 1.165) is 0 Å². The third-order valence-corrected chi connectivity index (χ3v) is 5.10. The van der Waals surface area contributed by atoms with Crippen LogP contribution in [0.5, 0.6) is 0 Å². The van der Waals surface area contributed by atoms with Crippen LogP contribution in [0.1, 0.15) is 13.8 Å². The maximum atomic E-state index is 5.36. The standard InChI is InChI=1S/C7H16OSi/c1-6-7(2)9(4,5)8-3/h6H,1-5H3/b7-6+. The van der Waals surface area contributed by atoms with Gasteiger partial charge in [0, 0.05) is 7.11 Å². The molecule has 0 aromatic heterocycles. The molecule has 0 spiro atoms. The topological polar surface area (TPSA) is 9.23 Å². The first-order valence-corrected chi connectivity index (χ1v) is 6.14. The van der Waals surface area contributed by atoms with E-state index in [1.807, 2.05) is 0 Å². The second-order valence-electron chi connectivity index (χ2n) is 2.69. The second-order valence-corrected chi connectivity index (χ2v) is 6.90. The molecule has 9 heavy (non-hydrogen) atoms. The van der Waals surface area contributed by atoms with E-state index in [1.165, 1.54) is 5.20 Å². The van der Waals surface area contributed by atoms with Gasteiger partial charge in [0.05, 0.1) is 0 Å². The first-order chi connectivity index (χ1) is 4.04. The van der Waals surface area contributed by atoms with Crippen LogP contribution in [0, 0.1) is 0 Å².